The second kappa shape index (κ2) is 5.90. The largest absolute Gasteiger partial charge is 0.419 e. The van der Waals surface area contributed by atoms with Crippen LogP contribution in [-0.4, -0.2) is 21.4 Å². The Kier molecular flexibility index (Phi) is 4.04. The number of nitrogens with two attached hydrogens (primary N) is 1. The van der Waals surface area contributed by atoms with Crippen LogP contribution in [0.5, 0.6) is 0 Å². The molecule has 0 unspecified atom stereocenters. The van der Waals surface area contributed by atoms with E-state index in [4.69, 9.17) is 5.73 Å². The summed E-state index contributed by atoms with van der Waals surface area (Å²) in [5.41, 5.74) is 5.23. The molecular weight excluding hydrogens is 328 g/mol. The second-order valence-corrected chi connectivity index (χ2v) is 5.65. The average molecular weight is 342 g/mol. The molecule has 2 heterocycles. The summed E-state index contributed by atoms with van der Waals surface area (Å²) in [6.07, 6.45) is -4.27. The Morgan fingerprint density at radius 2 is 2.08 bits per heavy atom. The maximum absolute atomic E-state index is 13.3. The number of nitrogens with zero attached hydrogens (tertiary/aromatic N) is 2. The minimum absolute atomic E-state index is 0.0422. The summed E-state index contributed by atoms with van der Waals surface area (Å²) in [6, 6.07) is 2.92. The van der Waals surface area contributed by atoms with Crippen molar-refractivity contribution in [3.05, 3.63) is 56.8 Å². The molecule has 24 heavy (non-hydrogen) atoms. The zero-order valence-electron chi connectivity index (χ0n) is 12.5. The topological polar surface area (TPSA) is 75.0 Å². The molecule has 1 aromatic carbocycles. The zero-order valence-corrected chi connectivity index (χ0v) is 12.5. The molecule has 1 aliphatic rings. The van der Waals surface area contributed by atoms with Crippen molar-refractivity contribution in [1.29, 1.82) is 0 Å². The lowest BCUT2D eigenvalue weighted by atomic mass is 10.0. The van der Waals surface area contributed by atoms with E-state index in [9.17, 15) is 22.4 Å². The molecule has 1 aliphatic heterocycles. The number of nitrogen functional groups attached to an aromatic ring is 1. The predicted octanol–water partition coefficient (Wildman–Crippen LogP) is 2.07. The Morgan fingerprint density at radius 1 is 1.33 bits per heavy atom. The third-order valence-electron chi connectivity index (χ3n) is 3.91. The van der Waals surface area contributed by atoms with Crippen molar-refractivity contribution in [3.8, 4) is 0 Å². The lowest BCUT2D eigenvalue weighted by Gasteiger charge is -2.27. The molecule has 2 aromatic rings. The molecule has 0 atom stereocenters. The minimum atomic E-state index is -4.74. The number of H-pyrrole nitrogens is 1. The maximum atomic E-state index is 13.3. The Labute approximate surface area is 134 Å². The standard InChI is InChI=1S/C15H14F4N4O/c16-11-2-1-8(5-10(11)15(17,18)19)6-23-4-3-12-9(7-23)13(24)22-14(20)21-12/h1-2,5H,3-4,6-7H2,(H3,20,21,22,24). The normalized spacial score (nSPS) is 15.3. The van der Waals surface area contributed by atoms with E-state index in [2.05, 4.69) is 9.97 Å². The number of anilines is 1. The third kappa shape index (κ3) is 3.25. The Hall–Kier alpha value is -2.42. The van der Waals surface area contributed by atoms with Crippen LogP contribution in [0.2, 0.25) is 0 Å². The van der Waals surface area contributed by atoms with Gasteiger partial charge in [0.15, 0.2) is 0 Å². The quantitative estimate of drug-likeness (QED) is 0.820. The van der Waals surface area contributed by atoms with Crippen molar-refractivity contribution in [2.75, 3.05) is 12.3 Å². The monoisotopic (exact) mass is 342 g/mol. The SMILES string of the molecule is Nc1nc2c(c(=O)[nH]1)CN(Cc1ccc(F)c(C(F)(F)F)c1)CC2. The van der Waals surface area contributed by atoms with Gasteiger partial charge in [-0.2, -0.15) is 13.2 Å². The van der Waals surface area contributed by atoms with Gasteiger partial charge >= 0.3 is 6.18 Å². The number of benzene rings is 1. The molecule has 0 bridgehead atoms. The number of fused-ring (bicyclic) bond motifs is 1. The Morgan fingerprint density at radius 3 is 2.79 bits per heavy atom. The van der Waals surface area contributed by atoms with E-state index < -0.39 is 17.6 Å². The van der Waals surface area contributed by atoms with Gasteiger partial charge in [-0.05, 0) is 17.7 Å². The molecule has 5 nitrogen and oxygen atoms in total. The summed E-state index contributed by atoms with van der Waals surface area (Å²) in [5.74, 6) is -1.26. The van der Waals surface area contributed by atoms with Crippen LogP contribution in [0.3, 0.4) is 0 Å². The van der Waals surface area contributed by atoms with E-state index in [0.717, 1.165) is 12.1 Å². The van der Waals surface area contributed by atoms with Crippen molar-refractivity contribution in [2.24, 2.45) is 0 Å². The fraction of sp³-hybridized carbons (Fsp3) is 0.333. The highest BCUT2D eigenvalue weighted by Gasteiger charge is 2.34. The van der Waals surface area contributed by atoms with Crippen LogP contribution in [0.1, 0.15) is 22.4 Å². The molecule has 9 heteroatoms. The van der Waals surface area contributed by atoms with Gasteiger partial charge in [-0.3, -0.25) is 14.7 Å². The van der Waals surface area contributed by atoms with Crippen LogP contribution in [0.15, 0.2) is 23.0 Å². The molecule has 0 saturated heterocycles. The van der Waals surface area contributed by atoms with Gasteiger partial charge < -0.3 is 5.73 Å². The van der Waals surface area contributed by atoms with E-state index in [1.807, 2.05) is 4.90 Å². The van der Waals surface area contributed by atoms with Crippen molar-refractivity contribution < 1.29 is 17.6 Å². The molecule has 0 fully saturated rings. The van der Waals surface area contributed by atoms with Crippen LogP contribution < -0.4 is 11.3 Å². The summed E-state index contributed by atoms with van der Waals surface area (Å²) in [7, 11) is 0. The number of nitrogens with one attached hydrogen (secondary N) is 1. The van der Waals surface area contributed by atoms with Crippen molar-refractivity contribution in [3.63, 3.8) is 0 Å². The fourth-order valence-corrected chi connectivity index (χ4v) is 2.78. The highest BCUT2D eigenvalue weighted by Crippen LogP contribution is 2.32. The smallest absolute Gasteiger partial charge is 0.369 e. The lowest BCUT2D eigenvalue weighted by molar-refractivity contribution is -0.140. The van der Waals surface area contributed by atoms with Gasteiger partial charge in [0.05, 0.1) is 16.8 Å². The van der Waals surface area contributed by atoms with Crippen LogP contribution in [0.25, 0.3) is 0 Å². The highest BCUT2D eigenvalue weighted by atomic mass is 19.4. The first-order valence-corrected chi connectivity index (χ1v) is 7.19. The van der Waals surface area contributed by atoms with E-state index in [1.165, 1.54) is 6.07 Å². The second-order valence-electron chi connectivity index (χ2n) is 5.65. The Balaban J connectivity index is 1.82. The van der Waals surface area contributed by atoms with Gasteiger partial charge in [0.2, 0.25) is 5.95 Å². The summed E-state index contributed by atoms with van der Waals surface area (Å²) < 4.78 is 51.7. The lowest BCUT2D eigenvalue weighted by Crippen LogP contribution is -2.35. The molecular formula is C15H14F4N4O. The number of hydrogen-bond donors (Lipinski definition) is 2. The highest BCUT2D eigenvalue weighted by molar-refractivity contribution is 5.29. The summed E-state index contributed by atoms with van der Waals surface area (Å²) >= 11 is 0. The number of halogens is 4. The number of rotatable bonds is 2. The maximum Gasteiger partial charge on any atom is 0.419 e. The van der Waals surface area contributed by atoms with Crippen LogP contribution in [0, 0.1) is 5.82 Å². The number of alkyl halides is 3. The molecule has 0 aliphatic carbocycles. The number of hydrogen-bond acceptors (Lipinski definition) is 4. The molecule has 0 saturated carbocycles. The van der Waals surface area contributed by atoms with Gasteiger partial charge in [-0.25, -0.2) is 9.37 Å². The Bertz CT molecular complexity index is 831. The first-order valence-electron chi connectivity index (χ1n) is 7.19. The average Bonchev–Trinajstić information content (AvgIpc) is 2.48. The molecule has 128 valence electrons. The third-order valence-corrected chi connectivity index (χ3v) is 3.91. The first kappa shape index (κ1) is 16.4. The molecule has 0 spiro atoms. The van der Waals surface area contributed by atoms with E-state index in [0.29, 0.717) is 29.8 Å². The predicted molar refractivity (Wildman–Crippen MR) is 78.5 cm³/mol. The molecule has 3 N–H and O–H groups in total. The van der Waals surface area contributed by atoms with Crippen molar-refractivity contribution in [1.82, 2.24) is 14.9 Å². The van der Waals surface area contributed by atoms with E-state index >= 15 is 0 Å². The number of aromatic nitrogens is 2. The van der Waals surface area contributed by atoms with Crippen LogP contribution in [0.4, 0.5) is 23.5 Å². The summed E-state index contributed by atoms with van der Waals surface area (Å²) in [6.45, 7) is 0.935. The van der Waals surface area contributed by atoms with Crippen molar-refractivity contribution in [2.45, 2.75) is 25.7 Å². The minimum Gasteiger partial charge on any atom is -0.369 e. The van der Waals surface area contributed by atoms with E-state index in [-0.39, 0.29) is 24.6 Å². The van der Waals surface area contributed by atoms with Gasteiger partial charge in [-0.1, -0.05) is 6.07 Å². The molecule has 0 radical (unpaired) electrons. The van der Waals surface area contributed by atoms with Gasteiger partial charge in [-0.15, -0.1) is 0 Å². The van der Waals surface area contributed by atoms with Gasteiger partial charge in [0, 0.05) is 26.1 Å². The van der Waals surface area contributed by atoms with Gasteiger partial charge in [0.25, 0.3) is 5.56 Å². The summed E-state index contributed by atoms with van der Waals surface area (Å²) in [5, 5.41) is 0. The molecule has 3 rings (SSSR count). The van der Waals surface area contributed by atoms with Crippen LogP contribution >= 0.6 is 0 Å². The van der Waals surface area contributed by atoms with Crippen molar-refractivity contribution >= 4 is 5.95 Å². The first-order chi connectivity index (χ1) is 11.2. The number of aromatic amines is 1. The van der Waals surface area contributed by atoms with Crippen LogP contribution in [-0.2, 0) is 25.7 Å². The van der Waals surface area contributed by atoms with E-state index in [1.54, 1.807) is 0 Å². The molecule has 0 amide bonds. The summed E-state index contributed by atoms with van der Waals surface area (Å²) in [4.78, 5) is 20.2. The van der Waals surface area contributed by atoms with Gasteiger partial charge in [0.1, 0.15) is 5.82 Å². The fourth-order valence-electron chi connectivity index (χ4n) is 2.78. The zero-order chi connectivity index (χ0) is 17.5. The molecule has 1 aromatic heterocycles.